The fraction of sp³-hybridized carbons (Fsp3) is 0.700. The molecule has 0 amide bonds. The van der Waals surface area contributed by atoms with E-state index in [1.54, 1.807) is 0 Å². The van der Waals surface area contributed by atoms with Gasteiger partial charge in [0, 0.05) is 6.42 Å². The van der Waals surface area contributed by atoms with E-state index in [0.29, 0.717) is 6.42 Å². The van der Waals surface area contributed by atoms with Crippen molar-refractivity contribution in [2.45, 2.75) is 44.8 Å². The van der Waals surface area contributed by atoms with Crippen LogP contribution in [0, 0.1) is 0 Å². The molecule has 2 unspecified atom stereocenters. The lowest BCUT2D eigenvalue weighted by molar-refractivity contribution is -0.157. The van der Waals surface area contributed by atoms with Gasteiger partial charge in [-0.25, -0.2) is 0 Å². The molecule has 0 spiro atoms. The number of hydrogen-bond acceptors (Lipinski definition) is 2. The minimum atomic E-state index is -0.604. The van der Waals surface area contributed by atoms with Crippen LogP contribution >= 0.6 is 0 Å². The first-order valence-electron chi connectivity index (χ1n) is 4.40. The number of carbonyl (C=O) groups excluding carboxylic acids is 1. The highest BCUT2D eigenvalue weighted by molar-refractivity contribution is 5.92. The van der Waals surface area contributed by atoms with Crippen molar-refractivity contribution in [3.63, 3.8) is 0 Å². The second kappa shape index (κ2) is 1.99. The Labute approximate surface area is 72.6 Å². The van der Waals surface area contributed by atoms with E-state index >= 15 is 0 Å². The summed E-state index contributed by atoms with van der Waals surface area (Å²) in [5, 5.41) is 0. The third-order valence-corrected chi connectivity index (χ3v) is 3.09. The summed E-state index contributed by atoms with van der Waals surface area (Å²) in [7, 11) is 0. The molecule has 0 saturated carbocycles. The quantitative estimate of drug-likeness (QED) is 0.513. The van der Waals surface area contributed by atoms with Gasteiger partial charge in [-0.3, -0.25) is 4.79 Å². The van der Waals surface area contributed by atoms with E-state index in [9.17, 15) is 4.79 Å². The van der Waals surface area contributed by atoms with Crippen LogP contribution in [0.4, 0.5) is 0 Å². The Morgan fingerprint density at radius 2 is 2.17 bits per heavy atom. The van der Waals surface area contributed by atoms with Crippen molar-refractivity contribution >= 4 is 5.78 Å². The fourth-order valence-electron chi connectivity index (χ4n) is 2.17. The first kappa shape index (κ1) is 7.99. The van der Waals surface area contributed by atoms with E-state index in [1.165, 1.54) is 0 Å². The van der Waals surface area contributed by atoms with Crippen molar-refractivity contribution in [3.05, 3.63) is 11.6 Å². The van der Waals surface area contributed by atoms with Gasteiger partial charge in [0.05, 0.1) is 5.60 Å². The highest BCUT2D eigenvalue weighted by Crippen LogP contribution is 2.44. The lowest BCUT2D eigenvalue weighted by Crippen LogP contribution is -2.45. The predicted octanol–water partition coefficient (Wildman–Crippen LogP) is 1.84. The monoisotopic (exact) mass is 166 g/mol. The zero-order chi connectivity index (χ0) is 8.98. The van der Waals surface area contributed by atoms with E-state index in [1.807, 2.05) is 20.8 Å². The largest absolute Gasteiger partial charge is 0.353 e. The van der Waals surface area contributed by atoms with Crippen LogP contribution in [0.5, 0.6) is 0 Å². The normalized spacial score (nSPS) is 46.2. The molecule has 0 aliphatic carbocycles. The summed E-state index contributed by atoms with van der Waals surface area (Å²) < 4.78 is 5.75. The fourth-order valence-corrected chi connectivity index (χ4v) is 2.17. The summed E-state index contributed by atoms with van der Waals surface area (Å²) >= 11 is 0. The molecule has 0 aromatic rings. The molecule has 2 heterocycles. The molecule has 2 atom stereocenters. The highest BCUT2D eigenvalue weighted by atomic mass is 16.5. The SMILES string of the molecule is CC1=CC2(C)CCC(=O)C1(C)O2. The van der Waals surface area contributed by atoms with Crippen LogP contribution in [-0.4, -0.2) is 17.0 Å². The van der Waals surface area contributed by atoms with E-state index in [4.69, 9.17) is 4.74 Å². The molecule has 2 rings (SSSR count). The van der Waals surface area contributed by atoms with E-state index < -0.39 is 5.60 Å². The smallest absolute Gasteiger partial charge is 0.168 e. The Bertz CT molecular complexity index is 280. The van der Waals surface area contributed by atoms with Crippen molar-refractivity contribution in [2.75, 3.05) is 0 Å². The summed E-state index contributed by atoms with van der Waals surface area (Å²) in [5.41, 5.74) is 0.298. The van der Waals surface area contributed by atoms with Gasteiger partial charge in [0.2, 0.25) is 0 Å². The number of Topliss-reactive ketones (excluding diaryl/α,β-unsaturated/α-hetero) is 1. The van der Waals surface area contributed by atoms with Gasteiger partial charge in [-0.1, -0.05) is 6.08 Å². The second-order valence-electron chi connectivity index (χ2n) is 4.20. The zero-order valence-electron chi connectivity index (χ0n) is 7.81. The average molecular weight is 166 g/mol. The van der Waals surface area contributed by atoms with Crippen LogP contribution in [0.25, 0.3) is 0 Å². The van der Waals surface area contributed by atoms with Crippen LogP contribution in [0.1, 0.15) is 33.6 Å². The van der Waals surface area contributed by atoms with Crippen LogP contribution in [-0.2, 0) is 9.53 Å². The molecule has 0 N–H and O–H groups in total. The van der Waals surface area contributed by atoms with Crippen LogP contribution in [0.15, 0.2) is 11.6 Å². The first-order chi connectivity index (χ1) is 5.46. The zero-order valence-corrected chi connectivity index (χ0v) is 7.81. The molecule has 0 aromatic carbocycles. The number of ketones is 1. The Morgan fingerprint density at radius 3 is 2.75 bits per heavy atom. The minimum Gasteiger partial charge on any atom is -0.353 e. The lowest BCUT2D eigenvalue weighted by atomic mass is 9.90. The summed E-state index contributed by atoms with van der Waals surface area (Å²) in [6.07, 6.45) is 3.58. The van der Waals surface area contributed by atoms with Gasteiger partial charge in [-0.2, -0.15) is 0 Å². The van der Waals surface area contributed by atoms with Gasteiger partial charge in [0.25, 0.3) is 0 Å². The number of ether oxygens (including phenoxy) is 1. The van der Waals surface area contributed by atoms with Gasteiger partial charge < -0.3 is 4.74 Å². The Kier molecular flexibility index (Phi) is 1.33. The summed E-state index contributed by atoms with van der Waals surface area (Å²) in [6, 6.07) is 0. The number of rotatable bonds is 0. The molecule has 2 bridgehead atoms. The average Bonchev–Trinajstić information content (AvgIpc) is 2.16. The molecule has 1 saturated heterocycles. The van der Waals surface area contributed by atoms with Crippen LogP contribution < -0.4 is 0 Å². The van der Waals surface area contributed by atoms with Crippen LogP contribution in [0.3, 0.4) is 0 Å². The standard InChI is InChI=1S/C10H14O2/c1-7-6-9(2)5-4-8(11)10(7,3)12-9/h6H,4-5H2,1-3H3. The van der Waals surface area contributed by atoms with E-state index in [0.717, 1.165) is 12.0 Å². The lowest BCUT2D eigenvalue weighted by Gasteiger charge is -2.35. The van der Waals surface area contributed by atoms with Crippen molar-refractivity contribution in [2.24, 2.45) is 0 Å². The molecule has 2 heteroatoms. The summed E-state index contributed by atoms with van der Waals surface area (Å²) in [5.74, 6) is 0.228. The molecular weight excluding hydrogens is 152 g/mol. The van der Waals surface area contributed by atoms with Crippen molar-refractivity contribution in [1.29, 1.82) is 0 Å². The number of hydrogen-bond donors (Lipinski definition) is 0. The molecule has 2 nitrogen and oxygen atoms in total. The molecule has 0 radical (unpaired) electrons. The highest BCUT2D eigenvalue weighted by Gasteiger charge is 2.51. The van der Waals surface area contributed by atoms with Crippen molar-refractivity contribution in [1.82, 2.24) is 0 Å². The van der Waals surface area contributed by atoms with Gasteiger partial charge in [-0.05, 0) is 32.8 Å². The van der Waals surface area contributed by atoms with E-state index in [2.05, 4.69) is 6.08 Å². The Hall–Kier alpha value is -0.630. The van der Waals surface area contributed by atoms with Crippen molar-refractivity contribution in [3.8, 4) is 0 Å². The minimum absolute atomic E-state index is 0.174. The molecule has 2 aliphatic heterocycles. The van der Waals surface area contributed by atoms with Gasteiger partial charge >= 0.3 is 0 Å². The molecule has 0 aromatic heterocycles. The third-order valence-electron chi connectivity index (χ3n) is 3.09. The molecule has 1 fully saturated rings. The Morgan fingerprint density at radius 1 is 1.50 bits per heavy atom. The molecule has 2 aliphatic rings. The van der Waals surface area contributed by atoms with Crippen molar-refractivity contribution < 1.29 is 9.53 Å². The predicted molar refractivity (Wildman–Crippen MR) is 45.9 cm³/mol. The van der Waals surface area contributed by atoms with Crippen LogP contribution in [0.2, 0.25) is 0 Å². The third kappa shape index (κ3) is 0.816. The maximum Gasteiger partial charge on any atom is 0.168 e. The topological polar surface area (TPSA) is 26.3 Å². The number of fused-ring (bicyclic) bond motifs is 2. The second-order valence-corrected chi connectivity index (χ2v) is 4.20. The van der Waals surface area contributed by atoms with Gasteiger partial charge in [-0.15, -0.1) is 0 Å². The van der Waals surface area contributed by atoms with Gasteiger partial charge in [0.15, 0.2) is 5.78 Å². The Balaban J connectivity index is 2.46. The molecular formula is C10H14O2. The summed E-state index contributed by atoms with van der Waals surface area (Å²) in [6.45, 7) is 5.91. The maximum atomic E-state index is 11.6. The number of carbonyl (C=O) groups is 1. The maximum absolute atomic E-state index is 11.6. The van der Waals surface area contributed by atoms with Gasteiger partial charge in [0.1, 0.15) is 5.60 Å². The molecule has 66 valence electrons. The first-order valence-corrected chi connectivity index (χ1v) is 4.40. The van der Waals surface area contributed by atoms with E-state index in [-0.39, 0.29) is 11.4 Å². The summed E-state index contributed by atoms with van der Waals surface area (Å²) in [4.78, 5) is 11.6. The molecule has 12 heavy (non-hydrogen) atoms.